The van der Waals surface area contributed by atoms with Crippen LogP contribution in [0.3, 0.4) is 0 Å². The summed E-state index contributed by atoms with van der Waals surface area (Å²) in [7, 11) is -3.07. The van der Waals surface area contributed by atoms with Gasteiger partial charge in [-0.15, -0.1) is 0 Å². The Hall–Kier alpha value is -4.68. The number of nitrogens with one attached hydrogen (secondary N) is 1. The minimum Gasteiger partial charge on any atom is -0.481 e. The average Bonchev–Trinajstić information content (AvgIpc) is 3.70. The average molecular weight is 1050 g/mol. The first kappa shape index (κ1) is 59.9. The second kappa shape index (κ2) is 28.1. The van der Waals surface area contributed by atoms with Crippen molar-refractivity contribution in [1.29, 1.82) is 0 Å². The number of amides is 1. The van der Waals surface area contributed by atoms with E-state index in [2.05, 4.69) is 23.3 Å². The van der Waals surface area contributed by atoms with Crippen molar-refractivity contribution in [2.75, 3.05) is 27.2 Å². The number of aliphatic hydroxyl groups excluding tert-OH is 3. The summed E-state index contributed by atoms with van der Waals surface area (Å²) < 4.78 is 68.0. The summed E-state index contributed by atoms with van der Waals surface area (Å²) in [5, 5.41) is 53.5. The molecule has 0 saturated carbocycles. The van der Waals surface area contributed by atoms with Gasteiger partial charge in [-0.25, -0.2) is 13.8 Å². The van der Waals surface area contributed by atoms with Gasteiger partial charge in [-0.3, -0.25) is 43.0 Å². The van der Waals surface area contributed by atoms with E-state index in [4.69, 9.17) is 29.4 Å². The van der Waals surface area contributed by atoms with Crippen molar-refractivity contribution in [2.45, 2.75) is 183 Å². The van der Waals surface area contributed by atoms with Gasteiger partial charge in [-0.1, -0.05) is 58.1 Å². The van der Waals surface area contributed by atoms with Crippen LogP contribution in [-0.4, -0.2) is 188 Å². The largest absolute Gasteiger partial charge is 0.481 e. The number of nitrogens with two attached hydrogens (primary N) is 1. The monoisotopic (exact) mass is 1050 g/mol. The van der Waals surface area contributed by atoms with Crippen molar-refractivity contribution in [3.05, 3.63) is 45.3 Å². The minimum atomic E-state index is -5.37. The normalized spacial score (nSPS) is 28.4. The first-order valence-electron chi connectivity index (χ1n) is 24.1. The van der Waals surface area contributed by atoms with E-state index in [0.717, 1.165) is 43.5 Å². The Labute approximate surface area is 416 Å². The van der Waals surface area contributed by atoms with E-state index in [1.54, 1.807) is 6.92 Å². The fourth-order valence-electron chi connectivity index (χ4n) is 9.06. The number of nitrogens with zero attached hydrogens (tertiary/aromatic N) is 3. The molecule has 0 aliphatic carbocycles. The molecule has 26 nitrogen and oxygen atoms in total. The molecule has 9 N–H and O–H groups in total. The number of H-pyrrole nitrogens is 1. The molecule has 1 aromatic heterocycles. The lowest BCUT2D eigenvalue weighted by molar-refractivity contribution is -0.230. The number of carboxylic acid groups (broad SMARTS) is 2. The lowest BCUT2D eigenvalue weighted by atomic mass is 9.97. The van der Waals surface area contributed by atoms with Crippen LogP contribution in [-0.2, 0) is 62.2 Å². The molecular weight excluding hydrogens is 979 g/mol. The Morgan fingerprint density at radius 1 is 0.903 bits per heavy atom. The van der Waals surface area contributed by atoms with Crippen molar-refractivity contribution in [3.63, 3.8) is 0 Å². The Kier molecular flexibility index (Phi) is 23.4. The third kappa shape index (κ3) is 17.2. The minimum absolute atomic E-state index is 0.179. The maximum absolute atomic E-state index is 14.7. The Balaban J connectivity index is 1.62. The van der Waals surface area contributed by atoms with Crippen LogP contribution in [0.1, 0.15) is 110 Å². The summed E-state index contributed by atoms with van der Waals surface area (Å²) in [5.74, 6) is -6.31. The molecule has 14 atom stereocenters. The molecule has 1 aromatic rings. The molecule has 1 amide bonds. The number of esters is 2. The number of ether oxygens (including phenoxy) is 5. The number of allylic oxidation sites excluding steroid dienone is 2. The van der Waals surface area contributed by atoms with Gasteiger partial charge >= 0.3 is 40.0 Å². The van der Waals surface area contributed by atoms with Crippen LogP contribution in [0.15, 0.2) is 34.0 Å². The SMILES string of the molecule is CCCCCCCC/C=C\CCCC[C@@H](CC(=O)O[C@H]1CN(C)[C@@H]([C@H](O[C@@H]2O[C@H](CN)[C@@H](O)[C@H]2OS(=O)(=O)O)[C@H]2O[C@@H](n3ccc(=O)[nH]c3=O)[C@H](O)[C@@H]2O)C(=O)N(C)[C@@H]1C(=O)O)OC(=O)C[C@H](C)CC(=O)O. The molecule has 408 valence electrons. The number of carbonyl (C=O) groups excluding carboxylic acids is 3. The highest BCUT2D eigenvalue weighted by Gasteiger charge is 2.58. The van der Waals surface area contributed by atoms with Gasteiger partial charge < -0.3 is 59.9 Å². The number of likely N-dealkylation sites (N-methyl/N-ethyl adjacent to an activating group) is 2. The van der Waals surface area contributed by atoms with E-state index < -0.39 is 156 Å². The van der Waals surface area contributed by atoms with Crippen molar-refractivity contribution >= 4 is 40.2 Å². The summed E-state index contributed by atoms with van der Waals surface area (Å²) in [4.78, 5) is 94.3. The van der Waals surface area contributed by atoms with Crippen LogP contribution >= 0.6 is 0 Å². The third-order valence-electron chi connectivity index (χ3n) is 12.7. The van der Waals surface area contributed by atoms with E-state index in [-0.39, 0.29) is 19.3 Å². The Morgan fingerprint density at radius 3 is 2.17 bits per heavy atom. The van der Waals surface area contributed by atoms with Gasteiger partial charge in [0.25, 0.3) is 5.56 Å². The number of aliphatic carboxylic acids is 2. The van der Waals surface area contributed by atoms with Crippen molar-refractivity contribution < 1.29 is 90.3 Å². The fourth-order valence-corrected chi connectivity index (χ4v) is 9.54. The molecule has 0 spiro atoms. The van der Waals surface area contributed by atoms with Gasteiger partial charge in [-0.2, -0.15) is 8.42 Å². The fraction of sp³-hybridized carbons (Fsp3) is 0.756. The third-order valence-corrected chi connectivity index (χ3v) is 13.2. The van der Waals surface area contributed by atoms with Crippen molar-refractivity contribution in [1.82, 2.24) is 19.4 Å². The van der Waals surface area contributed by atoms with Crippen LogP contribution in [0, 0.1) is 5.92 Å². The molecule has 0 aromatic carbocycles. The summed E-state index contributed by atoms with van der Waals surface area (Å²) in [5.41, 5.74) is 3.79. The van der Waals surface area contributed by atoms with Crippen LogP contribution < -0.4 is 17.0 Å². The topological polar surface area (TPSA) is 384 Å². The molecular formula is C45H71N5O21S. The van der Waals surface area contributed by atoms with E-state index >= 15 is 0 Å². The predicted octanol–water partition coefficient (Wildman–Crippen LogP) is -0.419. The van der Waals surface area contributed by atoms with E-state index in [1.807, 2.05) is 4.98 Å². The smallest absolute Gasteiger partial charge is 0.397 e. The number of aromatic nitrogens is 2. The number of rotatable bonds is 29. The molecule has 0 radical (unpaired) electrons. The first-order chi connectivity index (χ1) is 34.0. The molecule has 0 unspecified atom stereocenters. The summed E-state index contributed by atoms with van der Waals surface area (Å²) in [6.07, 6.45) is -6.19. The van der Waals surface area contributed by atoms with Gasteiger partial charge in [0.05, 0.1) is 6.42 Å². The van der Waals surface area contributed by atoms with Crippen LogP contribution in [0.4, 0.5) is 0 Å². The van der Waals surface area contributed by atoms with E-state index in [9.17, 15) is 72.1 Å². The van der Waals surface area contributed by atoms with Crippen LogP contribution in [0.2, 0.25) is 0 Å². The van der Waals surface area contributed by atoms with Crippen LogP contribution in [0.25, 0.3) is 0 Å². The van der Waals surface area contributed by atoms with E-state index in [0.29, 0.717) is 28.7 Å². The number of hydrogen-bond donors (Lipinski definition) is 8. The number of carbonyl (C=O) groups is 5. The Morgan fingerprint density at radius 2 is 1.56 bits per heavy atom. The zero-order valence-corrected chi connectivity index (χ0v) is 41.7. The van der Waals surface area contributed by atoms with Gasteiger partial charge in [-0.05, 0) is 51.5 Å². The maximum Gasteiger partial charge on any atom is 0.397 e. The van der Waals surface area contributed by atoms with Gasteiger partial charge in [0.1, 0.15) is 54.9 Å². The number of aliphatic hydroxyl groups is 3. The summed E-state index contributed by atoms with van der Waals surface area (Å²) in [6, 6.07) is -2.89. The highest BCUT2D eigenvalue weighted by Crippen LogP contribution is 2.37. The van der Waals surface area contributed by atoms with E-state index in [1.165, 1.54) is 32.7 Å². The summed E-state index contributed by atoms with van der Waals surface area (Å²) in [6.45, 7) is 2.63. The highest BCUT2D eigenvalue weighted by atomic mass is 32.3. The number of aromatic amines is 1. The quantitative estimate of drug-likeness (QED) is 0.0219. The van der Waals surface area contributed by atoms with Crippen molar-refractivity contribution in [2.24, 2.45) is 11.7 Å². The molecule has 3 saturated heterocycles. The molecule has 4 heterocycles. The van der Waals surface area contributed by atoms with Gasteiger partial charge in [0.15, 0.2) is 24.7 Å². The highest BCUT2D eigenvalue weighted by molar-refractivity contribution is 7.80. The zero-order valence-electron chi connectivity index (χ0n) is 40.8. The van der Waals surface area contributed by atoms with Gasteiger partial charge in [0, 0.05) is 45.2 Å². The maximum atomic E-state index is 14.7. The molecule has 3 aliphatic heterocycles. The number of carboxylic acids is 2. The van der Waals surface area contributed by atoms with Gasteiger partial charge in [0.2, 0.25) is 5.91 Å². The molecule has 3 fully saturated rings. The number of hydrogen-bond acceptors (Lipinski definition) is 20. The standard InChI is InChI=1S/C45H71N5O21S/c1-5-6-7-8-9-10-11-12-13-14-15-16-17-26(66-31(54)21-25(2)20-30(52)53)22-32(55)67-28-24-48(3)34(41(59)49(4)33(28)43(60)61)38(70-44-40(71-72(63,64)65)35(56)27(23-46)68-44)39-36(57)37(58)42(69-39)50-19-18-29(51)47-45(50)62/h12-13,18-19,25-28,33-40,42,44,56-58H,5-11,14-17,20-24,46H2,1-4H3,(H,52,53)(H,60,61)(H,47,51,62)(H,63,64,65)/b13-12-/t25-,26+,27-,28+,33+,34+,35-,36+,37-,38+,39+,40-,42-,44+/m1/s1. The lowest BCUT2D eigenvalue weighted by Crippen LogP contribution is -2.60. The molecule has 4 rings (SSSR count). The second-order valence-corrected chi connectivity index (χ2v) is 19.6. The first-order valence-corrected chi connectivity index (χ1v) is 25.5. The predicted molar refractivity (Wildman–Crippen MR) is 249 cm³/mol. The van der Waals surface area contributed by atoms with Crippen molar-refractivity contribution in [3.8, 4) is 0 Å². The molecule has 27 heteroatoms. The second-order valence-electron chi connectivity index (χ2n) is 18.5. The number of unbranched alkanes of at least 4 members (excludes halogenated alkanes) is 8. The zero-order chi connectivity index (χ0) is 53.4. The molecule has 3 aliphatic rings. The summed E-state index contributed by atoms with van der Waals surface area (Å²) >= 11 is 0. The Bertz CT molecular complexity index is 2230. The van der Waals surface area contributed by atoms with Crippen LogP contribution in [0.5, 0.6) is 0 Å². The molecule has 0 bridgehead atoms. The lowest BCUT2D eigenvalue weighted by Gasteiger charge is -2.38. The molecule has 72 heavy (non-hydrogen) atoms.